The lowest BCUT2D eigenvalue weighted by molar-refractivity contribution is -0.134. The van der Waals surface area contributed by atoms with Crippen LogP contribution in [-0.4, -0.2) is 51.6 Å². The van der Waals surface area contributed by atoms with Gasteiger partial charge < -0.3 is 14.2 Å². The molecule has 9 nitrogen and oxygen atoms in total. The number of carbonyl (C=O) groups is 2. The van der Waals surface area contributed by atoms with Crippen LogP contribution in [0, 0.1) is 5.92 Å². The highest BCUT2D eigenvalue weighted by molar-refractivity contribution is 6.99. The van der Waals surface area contributed by atoms with E-state index in [2.05, 4.69) is 119 Å². The van der Waals surface area contributed by atoms with Crippen molar-refractivity contribution in [1.29, 1.82) is 0 Å². The van der Waals surface area contributed by atoms with E-state index in [1.165, 1.54) is 4.90 Å². The van der Waals surface area contributed by atoms with Crippen LogP contribution in [0.15, 0.2) is 90.0 Å². The molecule has 0 aromatic heterocycles. The molecule has 3 aromatic rings. The minimum absolute atomic E-state index is 0.0193. The number of benzene rings is 3. The summed E-state index contributed by atoms with van der Waals surface area (Å²) in [6, 6.07) is 27.1. The second-order valence-electron chi connectivity index (χ2n) is 18.9. The summed E-state index contributed by atoms with van der Waals surface area (Å²) in [7, 11) is -5.34. The highest BCUT2D eigenvalue weighted by atomic mass is 28.4. The zero-order chi connectivity index (χ0) is 41.4. The van der Waals surface area contributed by atoms with Crippen LogP contribution in [0.2, 0.25) is 23.2 Å². The lowest BCUT2D eigenvalue weighted by Gasteiger charge is -2.47. The van der Waals surface area contributed by atoms with Crippen LogP contribution in [0.5, 0.6) is 5.75 Å². The van der Waals surface area contributed by atoms with Crippen molar-refractivity contribution in [2.24, 2.45) is 11.0 Å². The molecule has 2 fully saturated rings. The first-order valence-corrected chi connectivity index (χ1v) is 26.1. The largest absolute Gasteiger partial charge is 0.544 e. The summed E-state index contributed by atoms with van der Waals surface area (Å²) in [6.45, 7) is 19.8. The molecule has 0 heterocycles. The van der Waals surface area contributed by atoms with E-state index in [4.69, 9.17) is 8.85 Å². The monoisotopic (exact) mass is 809 g/mol. The fraction of sp³-hybridized carbons (Fsp3) is 0.565. The van der Waals surface area contributed by atoms with Crippen molar-refractivity contribution < 1.29 is 18.4 Å². The Bertz CT molecular complexity index is 1770. The van der Waals surface area contributed by atoms with E-state index in [9.17, 15) is 10.3 Å². The number of azide groups is 1. The van der Waals surface area contributed by atoms with E-state index in [-0.39, 0.29) is 28.2 Å². The molecule has 0 radical (unpaired) electrons. The van der Waals surface area contributed by atoms with Crippen molar-refractivity contribution in [2.45, 2.75) is 160 Å². The van der Waals surface area contributed by atoms with Gasteiger partial charge in [0.2, 0.25) is 14.2 Å². The fourth-order valence-corrected chi connectivity index (χ4v) is 14.3. The minimum Gasteiger partial charge on any atom is -0.544 e. The van der Waals surface area contributed by atoms with Crippen LogP contribution < -0.4 is 20.1 Å². The van der Waals surface area contributed by atoms with Gasteiger partial charge in [-0.1, -0.05) is 165 Å². The van der Waals surface area contributed by atoms with Crippen molar-refractivity contribution >= 4 is 38.9 Å². The standard InChI is InChI=1S/C46H67N5O4Si2/c1-34(41(49-50-47)43(52)51(37-24-16-11-17-25-37)44(53)48-36-22-14-10-15-23-36)42(35-30-32-38(33-31-35)54-56(8,9)45(2,3)4)55-57(46(5,6)7,39-26-18-12-19-27-39)40-28-20-13-21-29-40/h12-13,18-21,26-34,36-37,41-42H,10-11,14-17,22-25H2,1-9H3,(H,48,53)/t34-,41-,42-/m0/s1. The van der Waals surface area contributed by atoms with Gasteiger partial charge in [0.05, 0.1) is 6.10 Å². The van der Waals surface area contributed by atoms with Crippen molar-refractivity contribution in [1.82, 2.24) is 10.2 Å². The van der Waals surface area contributed by atoms with E-state index in [1.54, 1.807) is 0 Å². The first kappa shape index (κ1) is 44.2. The first-order valence-electron chi connectivity index (χ1n) is 21.3. The number of carbonyl (C=O) groups excluding carboxylic acids is 2. The predicted molar refractivity (Wildman–Crippen MR) is 237 cm³/mol. The maximum Gasteiger partial charge on any atom is 0.324 e. The van der Waals surface area contributed by atoms with E-state index >= 15 is 4.79 Å². The zero-order valence-corrected chi connectivity index (χ0v) is 38.0. The number of imide groups is 1. The molecule has 2 saturated carbocycles. The second-order valence-corrected chi connectivity index (χ2v) is 27.9. The number of nitrogens with zero attached hydrogens (tertiary/aromatic N) is 4. The highest BCUT2D eigenvalue weighted by Crippen LogP contribution is 2.44. The van der Waals surface area contributed by atoms with E-state index in [0.717, 1.165) is 85.9 Å². The highest BCUT2D eigenvalue weighted by Gasteiger charge is 2.53. The normalized spacial score (nSPS) is 17.8. The molecule has 0 bridgehead atoms. The third-order valence-corrected chi connectivity index (χ3v) is 22.2. The van der Waals surface area contributed by atoms with Gasteiger partial charge in [0.1, 0.15) is 11.8 Å². The van der Waals surface area contributed by atoms with Gasteiger partial charge in [-0.2, -0.15) is 0 Å². The summed E-state index contributed by atoms with van der Waals surface area (Å²) in [5.41, 5.74) is 11.0. The number of nitrogens with one attached hydrogen (secondary N) is 1. The molecular formula is C46H67N5O4Si2. The van der Waals surface area contributed by atoms with Crippen LogP contribution in [0.25, 0.3) is 10.4 Å². The summed E-state index contributed by atoms with van der Waals surface area (Å²) < 4.78 is 14.6. The van der Waals surface area contributed by atoms with Crippen LogP contribution in [0.3, 0.4) is 0 Å². The zero-order valence-electron chi connectivity index (χ0n) is 36.0. The lowest BCUT2D eigenvalue weighted by Crippen LogP contribution is -2.67. The summed E-state index contributed by atoms with van der Waals surface area (Å²) in [5, 5.41) is 9.34. The molecular weight excluding hydrogens is 743 g/mol. The van der Waals surface area contributed by atoms with Crippen molar-refractivity contribution in [2.75, 3.05) is 0 Å². The lowest BCUT2D eigenvalue weighted by atomic mass is 9.88. The Morgan fingerprint density at radius 3 is 1.75 bits per heavy atom. The van der Waals surface area contributed by atoms with Gasteiger partial charge in [-0.25, -0.2) is 4.79 Å². The van der Waals surface area contributed by atoms with Crippen molar-refractivity contribution in [3.8, 4) is 5.75 Å². The SMILES string of the molecule is C[C@@H]([C@H](N=[N+]=[N-])C(=O)N(C(=O)NC1CCCCC1)C1CCCCC1)[C@H](O[Si](c1ccccc1)(c1ccccc1)C(C)(C)C)c1ccc(O[Si](C)(C)C(C)(C)C)cc1. The molecule has 0 aliphatic heterocycles. The number of amides is 3. The molecule has 0 spiro atoms. The summed E-state index contributed by atoms with van der Waals surface area (Å²) in [6.07, 6.45) is 8.79. The van der Waals surface area contributed by atoms with Crippen LogP contribution in [-0.2, 0) is 9.22 Å². The fourth-order valence-electron chi connectivity index (χ4n) is 8.55. The van der Waals surface area contributed by atoms with Gasteiger partial charge in [-0.3, -0.25) is 9.69 Å². The summed E-state index contributed by atoms with van der Waals surface area (Å²) in [4.78, 5) is 34.2. The number of hydrogen-bond donors (Lipinski definition) is 1. The third kappa shape index (κ3) is 10.2. The van der Waals surface area contributed by atoms with Gasteiger partial charge in [-0.05, 0) is 82.5 Å². The molecule has 3 amide bonds. The van der Waals surface area contributed by atoms with Crippen LogP contribution in [0.1, 0.15) is 124 Å². The Hall–Kier alpha value is -3.90. The molecule has 3 atom stereocenters. The Morgan fingerprint density at radius 2 is 1.28 bits per heavy atom. The topological polar surface area (TPSA) is 117 Å². The molecule has 2 aliphatic carbocycles. The molecule has 308 valence electrons. The number of hydrogen-bond acceptors (Lipinski definition) is 5. The predicted octanol–water partition coefficient (Wildman–Crippen LogP) is 11.2. The molecule has 0 unspecified atom stereocenters. The molecule has 5 rings (SSSR count). The van der Waals surface area contributed by atoms with Crippen LogP contribution in [0.4, 0.5) is 4.79 Å². The molecule has 2 aliphatic rings. The number of rotatable bonds is 13. The van der Waals surface area contributed by atoms with Gasteiger partial charge in [0.15, 0.2) is 0 Å². The summed E-state index contributed by atoms with van der Waals surface area (Å²) in [5.74, 6) is -0.335. The van der Waals surface area contributed by atoms with Gasteiger partial charge in [0, 0.05) is 22.9 Å². The molecule has 1 N–H and O–H groups in total. The van der Waals surface area contributed by atoms with E-state index in [1.807, 2.05) is 43.3 Å². The smallest absolute Gasteiger partial charge is 0.324 e. The van der Waals surface area contributed by atoms with Gasteiger partial charge >= 0.3 is 6.03 Å². The van der Waals surface area contributed by atoms with E-state index in [0.29, 0.717) is 0 Å². The maximum atomic E-state index is 15.1. The Balaban J connectivity index is 1.65. The molecule has 0 saturated heterocycles. The summed E-state index contributed by atoms with van der Waals surface area (Å²) >= 11 is 0. The molecule has 57 heavy (non-hydrogen) atoms. The van der Waals surface area contributed by atoms with Crippen molar-refractivity contribution in [3.63, 3.8) is 0 Å². The third-order valence-electron chi connectivity index (χ3n) is 12.8. The maximum absolute atomic E-state index is 15.1. The van der Waals surface area contributed by atoms with Gasteiger partial charge in [0.25, 0.3) is 8.32 Å². The Morgan fingerprint density at radius 1 is 0.772 bits per heavy atom. The average Bonchev–Trinajstić information content (AvgIpc) is 3.18. The second kappa shape index (κ2) is 18.8. The minimum atomic E-state index is -3.21. The first-order chi connectivity index (χ1) is 27.0. The average molecular weight is 810 g/mol. The van der Waals surface area contributed by atoms with Gasteiger partial charge in [-0.15, -0.1) is 0 Å². The van der Waals surface area contributed by atoms with Crippen LogP contribution >= 0.6 is 0 Å². The Labute approximate surface area is 344 Å². The number of urea groups is 1. The molecule has 3 aromatic carbocycles. The van der Waals surface area contributed by atoms with Crippen molar-refractivity contribution in [3.05, 3.63) is 101 Å². The quantitative estimate of drug-likeness (QED) is 0.0800. The van der Waals surface area contributed by atoms with E-state index < -0.39 is 40.6 Å². The molecule has 11 heteroatoms. The Kier molecular flexibility index (Phi) is 14.6.